The van der Waals surface area contributed by atoms with Crippen molar-refractivity contribution in [2.75, 3.05) is 6.61 Å². The van der Waals surface area contributed by atoms with Gasteiger partial charge < -0.3 is 10.5 Å². The van der Waals surface area contributed by atoms with Crippen LogP contribution in [0.25, 0.3) is 0 Å². The Labute approximate surface area is 89.2 Å². The molecular weight excluding hydrogens is 194 g/mol. The van der Waals surface area contributed by atoms with Crippen molar-refractivity contribution in [3.8, 4) is 0 Å². The number of hydrogen-bond acceptors (Lipinski definition) is 4. The predicted octanol–water partition coefficient (Wildman–Crippen LogP) is 0.682. The molecule has 15 heavy (non-hydrogen) atoms. The first kappa shape index (κ1) is 11.7. The van der Waals surface area contributed by atoms with Crippen molar-refractivity contribution in [2.24, 2.45) is 12.8 Å². The highest BCUT2D eigenvalue weighted by atomic mass is 16.5. The lowest BCUT2D eigenvalue weighted by atomic mass is 10.1. The number of ether oxygens (including phenoxy) is 1. The number of esters is 1. The molecule has 0 spiro atoms. The molecule has 1 aromatic rings. The van der Waals surface area contributed by atoms with Gasteiger partial charge in [-0.05, 0) is 13.8 Å². The van der Waals surface area contributed by atoms with Gasteiger partial charge in [-0.1, -0.05) is 0 Å². The van der Waals surface area contributed by atoms with Crippen molar-refractivity contribution in [2.45, 2.75) is 26.3 Å². The molecular formula is C10H17N3O2. The van der Waals surface area contributed by atoms with Crippen molar-refractivity contribution in [3.05, 3.63) is 17.5 Å². The highest BCUT2D eigenvalue weighted by molar-refractivity contribution is 5.70. The summed E-state index contributed by atoms with van der Waals surface area (Å²) in [6.45, 7) is 4.04. The molecule has 1 heterocycles. The minimum absolute atomic E-state index is 0.195. The second kappa shape index (κ2) is 4.93. The van der Waals surface area contributed by atoms with Crippen molar-refractivity contribution >= 4 is 5.97 Å². The maximum Gasteiger partial charge on any atom is 0.307 e. The van der Waals surface area contributed by atoms with Crippen molar-refractivity contribution < 1.29 is 9.53 Å². The lowest BCUT2D eigenvalue weighted by Crippen LogP contribution is -2.17. The normalized spacial score (nSPS) is 12.5. The van der Waals surface area contributed by atoms with Crippen LogP contribution in [-0.4, -0.2) is 22.4 Å². The van der Waals surface area contributed by atoms with Gasteiger partial charge in [-0.15, -0.1) is 0 Å². The maximum atomic E-state index is 11.2. The summed E-state index contributed by atoms with van der Waals surface area (Å²) in [6, 6.07) is -0.335. The van der Waals surface area contributed by atoms with Crippen molar-refractivity contribution in [1.82, 2.24) is 9.78 Å². The Kier molecular flexibility index (Phi) is 3.85. The van der Waals surface area contributed by atoms with Gasteiger partial charge in [-0.25, -0.2) is 0 Å². The molecule has 1 rings (SSSR count). The van der Waals surface area contributed by atoms with E-state index in [1.165, 1.54) is 0 Å². The fourth-order valence-corrected chi connectivity index (χ4v) is 1.49. The van der Waals surface area contributed by atoms with Gasteiger partial charge in [-0.3, -0.25) is 9.48 Å². The van der Waals surface area contributed by atoms with E-state index in [2.05, 4.69) is 5.10 Å². The smallest absolute Gasteiger partial charge is 0.307 e. The van der Waals surface area contributed by atoms with Gasteiger partial charge in [0, 0.05) is 24.8 Å². The lowest BCUT2D eigenvalue weighted by molar-refractivity contribution is -0.143. The molecule has 0 radical (unpaired) electrons. The Bertz CT molecular complexity index is 346. The lowest BCUT2D eigenvalue weighted by Gasteiger charge is -2.09. The summed E-state index contributed by atoms with van der Waals surface area (Å²) in [7, 11) is 1.83. The van der Waals surface area contributed by atoms with E-state index in [0.717, 1.165) is 11.3 Å². The Balaban J connectivity index is 2.64. The maximum absolute atomic E-state index is 11.2. The highest BCUT2D eigenvalue weighted by Gasteiger charge is 2.16. The van der Waals surface area contributed by atoms with Gasteiger partial charge in [0.15, 0.2) is 0 Å². The van der Waals surface area contributed by atoms with E-state index >= 15 is 0 Å². The molecule has 0 aliphatic heterocycles. The molecule has 1 aromatic heterocycles. The highest BCUT2D eigenvalue weighted by Crippen LogP contribution is 2.17. The molecule has 5 nitrogen and oxygen atoms in total. The van der Waals surface area contributed by atoms with Crippen LogP contribution in [0.2, 0.25) is 0 Å². The summed E-state index contributed by atoms with van der Waals surface area (Å²) in [5, 5.41) is 4.17. The van der Waals surface area contributed by atoms with E-state index in [0.29, 0.717) is 6.61 Å². The van der Waals surface area contributed by atoms with E-state index in [1.54, 1.807) is 11.6 Å². The third kappa shape index (κ3) is 3.06. The van der Waals surface area contributed by atoms with Crippen LogP contribution in [-0.2, 0) is 16.6 Å². The molecule has 2 N–H and O–H groups in total. The monoisotopic (exact) mass is 211 g/mol. The standard InChI is InChI=1S/C10H17N3O2/c1-4-15-10(14)5-9(11)8-6-13(3)12-7(8)2/h6,9H,4-5,11H2,1-3H3/t9-/m0/s1. The zero-order valence-electron chi connectivity index (χ0n) is 9.36. The SMILES string of the molecule is CCOC(=O)C[C@H](N)c1cn(C)nc1C. The molecule has 5 heteroatoms. The molecule has 1 atom stereocenters. The molecule has 0 saturated heterocycles. The summed E-state index contributed by atoms with van der Waals surface area (Å²) in [5.41, 5.74) is 7.64. The number of nitrogens with zero attached hydrogens (tertiary/aromatic N) is 2. The van der Waals surface area contributed by atoms with E-state index < -0.39 is 0 Å². The molecule has 0 unspecified atom stereocenters. The average molecular weight is 211 g/mol. The molecule has 0 amide bonds. The fourth-order valence-electron chi connectivity index (χ4n) is 1.49. The zero-order chi connectivity index (χ0) is 11.4. The number of carbonyl (C=O) groups excluding carboxylic acids is 1. The third-order valence-corrected chi connectivity index (χ3v) is 2.14. The third-order valence-electron chi connectivity index (χ3n) is 2.14. The largest absolute Gasteiger partial charge is 0.466 e. The van der Waals surface area contributed by atoms with Crippen LogP contribution in [0.4, 0.5) is 0 Å². The second-order valence-electron chi connectivity index (χ2n) is 3.46. The molecule has 0 aliphatic carbocycles. The number of aromatic nitrogens is 2. The molecule has 0 aliphatic rings. The van der Waals surface area contributed by atoms with Crippen LogP contribution < -0.4 is 5.73 Å². The first-order valence-electron chi connectivity index (χ1n) is 4.96. The van der Waals surface area contributed by atoms with E-state index in [4.69, 9.17) is 10.5 Å². The summed E-state index contributed by atoms with van der Waals surface area (Å²) < 4.78 is 6.52. The Morgan fingerprint density at radius 1 is 1.73 bits per heavy atom. The van der Waals surface area contributed by atoms with E-state index in [1.807, 2.05) is 20.2 Å². The van der Waals surface area contributed by atoms with Gasteiger partial charge in [0.2, 0.25) is 0 Å². The Hall–Kier alpha value is -1.36. The average Bonchev–Trinajstić information content (AvgIpc) is 2.45. The summed E-state index contributed by atoms with van der Waals surface area (Å²) >= 11 is 0. The summed E-state index contributed by atoms with van der Waals surface area (Å²) in [4.78, 5) is 11.2. The first-order valence-corrected chi connectivity index (χ1v) is 4.96. The van der Waals surface area contributed by atoms with Gasteiger partial charge in [0.25, 0.3) is 0 Å². The van der Waals surface area contributed by atoms with E-state index in [9.17, 15) is 4.79 Å². The molecule has 0 aromatic carbocycles. The van der Waals surface area contributed by atoms with Gasteiger partial charge in [0.1, 0.15) is 0 Å². The quantitative estimate of drug-likeness (QED) is 0.743. The van der Waals surface area contributed by atoms with Crippen LogP contribution in [0.15, 0.2) is 6.20 Å². The molecule has 84 valence electrons. The van der Waals surface area contributed by atoms with Crippen LogP contribution in [0, 0.1) is 6.92 Å². The second-order valence-corrected chi connectivity index (χ2v) is 3.46. The topological polar surface area (TPSA) is 70.1 Å². The van der Waals surface area contributed by atoms with Gasteiger partial charge in [0.05, 0.1) is 18.7 Å². The molecule has 0 saturated carbocycles. The van der Waals surface area contributed by atoms with Crippen molar-refractivity contribution in [3.63, 3.8) is 0 Å². The fraction of sp³-hybridized carbons (Fsp3) is 0.600. The minimum Gasteiger partial charge on any atom is -0.466 e. The van der Waals surface area contributed by atoms with E-state index in [-0.39, 0.29) is 18.4 Å². The van der Waals surface area contributed by atoms with Crippen LogP contribution >= 0.6 is 0 Å². The first-order chi connectivity index (χ1) is 7.04. The Morgan fingerprint density at radius 3 is 2.87 bits per heavy atom. The summed E-state index contributed by atoms with van der Waals surface area (Å²) in [6.07, 6.45) is 2.03. The minimum atomic E-state index is -0.335. The zero-order valence-corrected chi connectivity index (χ0v) is 9.36. The van der Waals surface area contributed by atoms with Crippen LogP contribution in [0.5, 0.6) is 0 Å². The van der Waals surface area contributed by atoms with Gasteiger partial charge >= 0.3 is 5.97 Å². The summed E-state index contributed by atoms with van der Waals surface area (Å²) in [5.74, 6) is -0.270. The molecule has 0 bridgehead atoms. The van der Waals surface area contributed by atoms with Gasteiger partial charge in [-0.2, -0.15) is 5.10 Å². The van der Waals surface area contributed by atoms with Crippen molar-refractivity contribution in [1.29, 1.82) is 0 Å². The number of aryl methyl sites for hydroxylation is 2. The predicted molar refractivity (Wildman–Crippen MR) is 56.1 cm³/mol. The van der Waals surface area contributed by atoms with Crippen LogP contribution in [0.3, 0.4) is 0 Å². The Morgan fingerprint density at radius 2 is 2.40 bits per heavy atom. The van der Waals surface area contributed by atoms with Crippen LogP contribution in [0.1, 0.15) is 30.6 Å². The number of rotatable bonds is 4. The number of carbonyl (C=O) groups is 1. The number of nitrogens with two attached hydrogens (primary N) is 1. The molecule has 0 fully saturated rings. The number of hydrogen-bond donors (Lipinski definition) is 1.